The van der Waals surface area contributed by atoms with Gasteiger partial charge in [0.15, 0.2) is 0 Å². The van der Waals surface area contributed by atoms with E-state index in [-0.39, 0.29) is 11.5 Å². The van der Waals surface area contributed by atoms with Crippen molar-refractivity contribution in [3.8, 4) is 0 Å². The maximum Gasteiger partial charge on any atom is 0.0998 e. The summed E-state index contributed by atoms with van der Waals surface area (Å²) in [4.78, 5) is 14.4. The Hall–Kier alpha value is -2.73. The minimum Gasteiger partial charge on any atom is -0.384 e. The lowest BCUT2D eigenvalue weighted by Crippen LogP contribution is -2.65. The Bertz CT molecular complexity index is 1530. The van der Waals surface area contributed by atoms with Crippen LogP contribution in [0.15, 0.2) is 66.9 Å². The van der Waals surface area contributed by atoms with Crippen LogP contribution in [0.1, 0.15) is 69.9 Å². The molecular formula is C36H44N4O. The quantitative estimate of drug-likeness (QED) is 0.326. The van der Waals surface area contributed by atoms with E-state index in [1.165, 1.54) is 55.0 Å². The Morgan fingerprint density at radius 1 is 0.902 bits per heavy atom. The van der Waals surface area contributed by atoms with Crippen molar-refractivity contribution >= 4 is 27.4 Å². The van der Waals surface area contributed by atoms with Gasteiger partial charge in [0.2, 0.25) is 0 Å². The molecule has 2 aromatic heterocycles. The van der Waals surface area contributed by atoms with Crippen LogP contribution in [-0.4, -0.2) is 68.7 Å². The van der Waals surface area contributed by atoms with Crippen molar-refractivity contribution in [1.82, 2.24) is 19.8 Å². The molecule has 5 nitrogen and oxygen atoms in total. The molecule has 1 spiro atoms. The molecule has 6 atom stereocenters. The minimum atomic E-state index is -0.898. The summed E-state index contributed by atoms with van der Waals surface area (Å²) in [7, 11) is 0. The maximum absolute atomic E-state index is 13.1. The third-order valence-corrected chi connectivity index (χ3v) is 11.2. The van der Waals surface area contributed by atoms with Gasteiger partial charge in [0.1, 0.15) is 0 Å². The first-order valence-corrected chi connectivity index (χ1v) is 16.3. The molecule has 3 unspecified atom stereocenters. The fraction of sp³-hybridized carbons (Fsp3) is 0.528. The number of allylic oxidation sites excluding steroid dienone is 4. The van der Waals surface area contributed by atoms with Crippen molar-refractivity contribution in [3.05, 3.63) is 72.6 Å². The number of fused-ring (bicyclic) bond motifs is 5. The van der Waals surface area contributed by atoms with Gasteiger partial charge in [-0.25, -0.2) is 0 Å². The predicted octanol–water partition coefficient (Wildman–Crippen LogP) is 6.86. The second kappa shape index (κ2) is 10.2. The Morgan fingerprint density at radius 2 is 1.76 bits per heavy atom. The molecule has 5 aliphatic rings. The minimum absolute atomic E-state index is 0.00403. The number of benzene rings is 1. The fourth-order valence-corrected chi connectivity index (χ4v) is 9.59. The Kier molecular flexibility index (Phi) is 6.46. The maximum atomic E-state index is 13.1. The molecule has 1 aromatic carbocycles. The molecule has 6 heterocycles. The summed E-state index contributed by atoms with van der Waals surface area (Å²) >= 11 is 0. The van der Waals surface area contributed by atoms with Crippen molar-refractivity contribution in [3.63, 3.8) is 0 Å². The molecule has 5 heteroatoms. The van der Waals surface area contributed by atoms with Crippen molar-refractivity contribution in [2.24, 2.45) is 11.3 Å². The third kappa shape index (κ3) is 4.18. The Morgan fingerprint density at radius 3 is 2.71 bits per heavy atom. The third-order valence-electron chi connectivity index (χ3n) is 11.2. The highest BCUT2D eigenvalue weighted by molar-refractivity contribution is 6.09. The zero-order valence-corrected chi connectivity index (χ0v) is 24.3. The number of rotatable bonds is 1. The normalized spacial score (nSPS) is 37.6. The van der Waals surface area contributed by atoms with Gasteiger partial charge in [0.25, 0.3) is 0 Å². The number of pyridine rings is 1. The average Bonchev–Trinajstić information content (AvgIpc) is 3.49. The molecule has 2 saturated heterocycles. The number of hydrogen-bond acceptors (Lipinski definition) is 4. The standard InChI is InChI=1S/C36H44N4O/c41-36-18-10-4-1-2-5-11-20-39-22-17-30(35(25-39)23-26-13-7-3-6-12-21-40(26)34(35)36)29(24-36)32-33-28(16-19-37-32)27-14-8-9-15-31(27)38-33/h1,4,7-9,13-16,19,24,26,30,34,38,41H,2-3,5-6,10-12,17-18,20-23,25H2/b4-1-,13-7-/t26?,30-,34?,35-,36-/m0/s1. The van der Waals surface area contributed by atoms with Crippen molar-refractivity contribution in [2.45, 2.75) is 81.9 Å². The first-order chi connectivity index (χ1) is 20.2. The van der Waals surface area contributed by atoms with Crippen LogP contribution in [0.2, 0.25) is 0 Å². The Labute approximate surface area is 244 Å². The van der Waals surface area contributed by atoms with E-state index in [0.29, 0.717) is 12.0 Å². The molecular weight excluding hydrogens is 504 g/mol. The largest absolute Gasteiger partial charge is 0.384 e. The number of hydrogen-bond donors (Lipinski definition) is 2. The zero-order valence-electron chi connectivity index (χ0n) is 24.3. The summed E-state index contributed by atoms with van der Waals surface area (Å²) in [6.45, 7) is 4.47. The molecule has 8 rings (SSSR count). The van der Waals surface area contributed by atoms with E-state index in [2.05, 4.69) is 75.5 Å². The predicted molar refractivity (Wildman–Crippen MR) is 168 cm³/mol. The van der Waals surface area contributed by atoms with E-state index < -0.39 is 5.60 Å². The zero-order chi connectivity index (χ0) is 27.4. The number of nitrogens with zero attached hydrogens (tertiary/aromatic N) is 3. The molecule has 3 aromatic rings. The summed E-state index contributed by atoms with van der Waals surface area (Å²) < 4.78 is 0. The number of para-hydroxylation sites is 1. The number of aliphatic hydroxyl groups is 1. The SMILES string of the molecule is O[C@]12C=C(c3nccc4c3[nH]c3ccccc34)[C@@H]3CCN(CCCC/C=C\CC1)C[C@@]31CC3/C=C\CCCCN3C12. The van der Waals surface area contributed by atoms with E-state index >= 15 is 0 Å². The van der Waals surface area contributed by atoms with Gasteiger partial charge in [-0.1, -0.05) is 42.5 Å². The summed E-state index contributed by atoms with van der Waals surface area (Å²) in [5.41, 5.74) is 3.74. The highest BCUT2D eigenvalue weighted by Gasteiger charge is 2.65. The molecule has 4 aliphatic heterocycles. The average molecular weight is 549 g/mol. The van der Waals surface area contributed by atoms with Crippen molar-refractivity contribution in [1.29, 1.82) is 0 Å². The van der Waals surface area contributed by atoms with Crippen molar-refractivity contribution < 1.29 is 5.11 Å². The summed E-state index contributed by atoms with van der Waals surface area (Å²) in [5, 5.41) is 15.5. The number of aromatic nitrogens is 2. The Balaban J connectivity index is 1.35. The summed E-state index contributed by atoms with van der Waals surface area (Å²) in [6, 6.07) is 11.3. The highest BCUT2D eigenvalue weighted by Crippen LogP contribution is 2.61. The van der Waals surface area contributed by atoms with E-state index in [0.717, 1.165) is 68.5 Å². The fourth-order valence-electron chi connectivity index (χ4n) is 9.59. The number of piperidine rings is 1. The summed E-state index contributed by atoms with van der Waals surface area (Å²) in [5.74, 6) is 0.385. The van der Waals surface area contributed by atoms with Gasteiger partial charge in [0, 0.05) is 40.5 Å². The highest BCUT2D eigenvalue weighted by atomic mass is 16.3. The summed E-state index contributed by atoms with van der Waals surface area (Å²) in [6.07, 6.45) is 25.2. The topological polar surface area (TPSA) is 55.4 Å². The molecule has 1 aliphatic carbocycles. The molecule has 0 radical (unpaired) electrons. The van der Waals surface area contributed by atoms with Crippen molar-refractivity contribution in [2.75, 3.05) is 26.2 Å². The van der Waals surface area contributed by atoms with Gasteiger partial charge in [-0.15, -0.1) is 0 Å². The van der Waals surface area contributed by atoms with Crippen LogP contribution >= 0.6 is 0 Å². The molecule has 0 amide bonds. The van der Waals surface area contributed by atoms with Gasteiger partial charge in [-0.05, 0) is 114 Å². The lowest BCUT2D eigenvalue weighted by Gasteiger charge is -2.58. The van der Waals surface area contributed by atoms with E-state index in [9.17, 15) is 5.11 Å². The molecule has 3 bridgehead atoms. The lowest BCUT2D eigenvalue weighted by molar-refractivity contribution is -0.0894. The van der Waals surface area contributed by atoms with Gasteiger partial charge in [0.05, 0.1) is 22.9 Å². The van der Waals surface area contributed by atoms with Crippen LogP contribution in [0.4, 0.5) is 0 Å². The van der Waals surface area contributed by atoms with E-state index in [1.54, 1.807) is 0 Å². The molecule has 2 fully saturated rings. The molecule has 214 valence electrons. The van der Waals surface area contributed by atoms with Gasteiger partial charge in [-0.2, -0.15) is 0 Å². The van der Waals surface area contributed by atoms with Crippen LogP contribution in [0.3, 0.4) is 0 Å². The van der Waals surface area contributed by atoms with Crippen LogP contribution in [0.25, 0.3) is 27.4 Å². The number of nitrogens with one attached hydrogen (secondary N) is 1. The lowest BCUT2D eigenvalue weighted by atomic mass is 9.54. The molecule has 41 heavy (non-hydrogen) atoms. The van der Waals surface area contributed by atoms with Gasteiger partial charge in [-0.3, -0.25) is 9.88 Å². The van der Waals surface area contributed by atoms with Crippen LogP contribution in [-0.2, 0) is 0 Å². The van der Waals surface area contributed by atoms with Crippen LogP contribution in [0.5, 0.6) is 0 Å². The van der Waals surface area contributed by atoms with Gasteiger partial charge >= 0.3 is 0 Å². The first kappa shape index (κ1) is 25.9. The second-order valence-electron chi connectivity index (χ2n) is 13.5. The molecule has 2 N–H and O–H groups in total. The first-order valence-electron chi connectivity index (χ1n) is 16.3. The monoisotopic (exact) mass is 548 g/mol. The van der Waals surface area contributed by atoms with Gasteiger partial charge < -0.3 is 15.0 Å². The van der Waals surface area contributed by atoms with E-state index in [1.807, 2.05) is 6.20 Å². The van der Waals surface area contributed by atoms with E-state index in [4.69, 9.17) is 4.98 Å². The smallest absolute Gasteiger partial charge is 0.0998 e. The van der Waals surface area contributed by atoms with Crippen LogP contribution in [0, 0.1) is 11.3 Å². The second-order valence-corrected chi connectivity index (χ2v) is 13.5. The van der Waals surface area contributed by atoms with Crippen LogP contribution < -0.4 is 0 Å². The molecule has 0 saturated carbocycles. The number of H-pyrrole nitrogens is 1. The number of aromatic amines is 1.